The minimum Gasteiger partial charge on any atom is -0.381 e. The van der Waals surface area contributed by atoms with Gasteiger partial charge in [0, 0.05) is 13.2 Å². The van der Waals surface area contributed by atoms with Crippen molar-refractivity contribution < 1.29 is 4.74 Å². The average Bonchev–Trinajstić information content (AvgIpc) is 2.07. The maximum absolute atomic E-state index is 5.29. The zero-order valence-corrected chi connectivity index (χ0v) is 8.82. The fraction of sp³-hybridized carbons (Fsp3) is 1.00. The second-order valence-corrected chi connectivity index (χ2v) is 3.27. The van der Waals surface area contributed by atoms with E-state index >= 15 is 0 Å². The van der Waals surface area contributed by atoms with Crippen molar-refractivity contribution >= 4 is 12.4 Å². The summed E-state index contributed by atoms with van der Waals surface area (Å²) >= 11 is 0. The number of hydrogen-bond acceptors (Lipinski definition) is 2. The molecule has 0 aromatic heterocycles. The van der Waals surface area contributed by atoms with Gasteiger partial charge in [0.25, 0.3) is 0 Å². The highest BCUT2D eigenvalue weighted by molar-refractivity contribution is 5.85. The highest BCUT2D eigenvalue weighted by Crippen LogP contribution is 2.20. The predicted octanol–water partition coefficient (Wildman–Crippen LogP) is 1.98. The maximum atomic E-state index is 5.29. The summed E-state index contributed by atoms with van der Waals surface area (Å²) in [6.45, 7) is 3.27. The molecular weight excluding hydrogens is 174 g/mol. The van der Waals surface area contributed by atoms with E-state index in [4.69, 9.17) is 4.74 Å². The molecule has 0 unspecified atom stereocenters. The van der Waals surface area contributed by atoms with Crippen LogP contribution in [0.4, 0.5) is 0 Å². The number of methoxy groups -OCH3 is 1. The van der Waals surface area contributed by atoms with Crippen LogP contribution in [0.15, 0.2) is 0 Å². The van der Waals surface area contributed by atoms with Crippen LogP contribution < -0.4 is 5.32 Å². The second-order valence-electron chi connectivity index (χ2n) is 3.27. The van der Waals surface area contributed by atoms with E-state index in [1.54, 1.807) is 0 Å². The fourth-order valence-electron chi connectivity index (χ4n) is 1.79. The summed E-state index contributed by atoms with van der Waals surface area (Å²) in [6, 6.07) is 0.756. The SMILES string of the molecule is CCNC1CCC(OC)CC1.Cl. The van der Waals surface area contributed by atoms with E-state index in [9.17, 15) is 0 Å². The third-order valence-corrected chi connectivity index (χ3v) is 2.50. The molecule has 3 heteroatoms. The Morgan fingerprint density at radius 3 is 2.25 bits per heavy atom. The lowest BCUT2D eigenvalue weighted by atomic mass is 9.93. The molecule has 2 nitrogen and oxygen atoms in total. The first-order valence-corrected chi connectivity index (χ1v) is 4.63. The molecule has 0 aliphatic heterocycles. The van der Waals surface area contributed by atoms with Gasteiger partial charge in [-0.3, -0.25) is 0 Å². The van der Waals surface area contributed by atoms with Crippen LogP contribution in [0, 0.1) is 0 Å². The van der Waals surface area contributed by atoms with Crippen molar-refractivity contribution in [2.45, 2.75) is 44.8 Å². The van der Waals surface area contributed by atoms with Crippen molar-refractivity contribution in [1.82, 2.24) is 5.32 Å². The third-order valence-electron chi connectivity index (χ3n) is 2.50. The number of ether oxygens (including phenoxy) is 1. The minimum absolute atomic E-state index is 0. The highest BCUT2D eigenvalue weighted by atomic mass is 35.5. The summed E-state index contributed by atoms with van der Waals surface area (Å²) in [5, 5.41) is 3.47. The molecule has 0 bridgehead atoms. The summed E-state index contributed by atoms with van der Waals surface area (Å²) in [7, 11) is 1.82. The van der Waals surface area contributed by atoms with Gasteiger partial charge in [0.05, 0.1) is 6.10 Å². The van der Waals surface area contributed by atoms with Gasteiger partial charge in [0.1, 0.15) is 0 Å². The molecule has 12 heavy (non-hydrogen) atoms. The summed E-state index contributed by atoms with van der Waals surface area (Å²) in [5.41, 5.74) is 0. The Hall–Kier alpha value is 0.210. The van der Waals surface area contributed by atoms with Crippen LogP contribution in [-0.2, 0) is 4.74 Å². The molecule has 1 saturated carbocycles. The highest BCUT2D eigenvalue weighted by Gasteiger charge is 2.19. The lowest BCUT2D eigenvalue weighted by Gasteiger charge is -2.27. The summed E-state index contributed by atoms with van der Waals surface area (Å²) < 4.78 is 5.29. The Morgan fingerprint density at radius 1 is 1.25 bits per heavy atom. The molecule has 74 valence electrons. The fourth-order valence-corrected chi connectivity index (χ4v) is 1.79. The molecule has 0 radical (unpaired) electrons. The van der Waals surface area contributed by atoms with Crippen molar-refractivity contribution in [3.05, 3.63) is 0 Å². The number of nitrogens with one attached hydrogen (secondary N) is 1. The molecule has 1 N–H and O–H groups in total. The van der Waals surface area contributed by atoms with Crippen LogP contribution in [0.25, 0.3) is 0 Å². The van der Waals surface area contributed by atoms with Gasteiger partial charge in [-0.2, -0.15) is 0 Å². The lowest BCUT2D eigenvalue weighted by molar-refractivity contribution is 0.0628. The van der Waals surface area contributed by atoms with E-state index in [0.29, 0.717) is 6.10 Å². The molecule has 0 amide bonds. The van der Waals surface area contributed by atoms with Crippen LogP contribution >= 0.6 is 12.4 Å². The Morgan fingerprint density at radius 2 is 1.83 bits per heavy atom. The van der Waals surface area contributed by atoms with E-state index in [2.05, 4.69) is 12.2 Å². The van der Waals surface area contributed by atoms with Gasteiger partial charge < -0.3 is 10.1 Å². The molecule has 0 saturated heterocycles. The van der Waals surface area contributed by atoms with E-state index in [1.807, 2.05) is 7.11 Å². The average molecular weight is 194 g/mol. The van der Waals surface area contributed by atoms with Crippen molar-refractivity contribution in [2.24, 2.45) is 0 Å². The van der Waals surface area contributed by atoms with Crippen LogP contribution in [0.2, 0.25) is 0 Å². The van der Waals surface area contributed by atoms with Gasteiger partial charge >= 0.3 is 0 Å². The first-order chi connectivity index (χ1) is 5.36. The van der Waals surface area contributed by atoms with E-state index in [1.165, 1.54) is 25.7 Å². The van der Waals surface area contributed by atoms with Crippen molar-refractivity contribution in [3.8, 4) is 0 Å². The molecule has 1 aliphatic rings. The Bertz CT molecular complexity index is 103. The first kappa shape index (κ1) is 12.2. The summed E-state index contributed by atoms with van der Waals surface area (Å²) in [5.74, 6) is 0. The van der Waals surface area contributed by atoms with E-state index < -0.39 is 0 Å². The third kappa shape index (κ3) is 3.74. The Labute approximate surface area is 81.5 Å². The molecule has 0 atom stereocenters. The standard InChI is InChI=1S/C9H19NO.ClH/c1-3-10-8-4-6-9(11-2)7-5-8;/h8-10H,3-7H2,1-2H3;1H. The summed E-state index contributed by atoms with van der Waals surface area (Å²) in [4.78, 5) is 0. The van der Waals surface area contributed by atoms with Crippen molar-refractivity contribution in [3.63, 3.8) is 0 Å². The van der Waals surface area contributed by atoms with Gasteiger partial charge in [-0.1, -0.05) is 6.92 Å². The van der Waals surface area contributed by atoms with Crippen molar-refractivity contribution in [1.29, 1.82) is 0 Å². The molecule has 1 rings (SSSR count). The summed E-state index contributed by atoms with van der Waals surface area (Å²) in [6.07, 6.45) is 5.56. The first-order valence-electron chi connectivity index (χ1n) is 4.63. The Kier molecular flexibility index (Phi) is 6.81. The number of halogens is 1. The van der Waals surface area contributed by atoms with Crippen LogP contribution in [0.3, 0.4) is 0 Å². The smallest absolute Gasteiger partial charge is 0.0572 e. The van der Waals surface area contributed by atoms with Gasteiger partial charge in [0.15, 0.2) is 0 Å². The van der Waals surface area contributed by atoms with Gasteiger partial charge in [0.2, 0.25) is 0 Å². The van der Waals surface area contributed by atoms with E-state index in [0.717, 1.165) is 12.6 Å². The molecule has 1 aliphatic carbocycles. The molecule has 0 spiro atoms. The van der Waals surface area contributed by atoms with Gasteiger partial charge in [-0.05, 0) is 32.2 Å². The zero-order chi connectivity index (χ0) is 8.10. The molecule has 0 aromatic rings. The number of rotatable bonds is 3. The van der Waals surface area contributed by atoms with Gasteiger partial charge in [-0.25, -0.2) is 0 Å². The van der Waals surface area contributed by atoms with Crippen LogP contribution in [0.1, 0.15) is 32.6 Å². The lowest BCUT2D eigenvalue weighted by Crippen LogP contribution is -2.34. The molecule has 0 heterocycles. The quantitative estimate of drug-likeness (QED) is 0.740. The van der Waals surface area contributed by atoms with Crippen LogP contribution in [-0.4, -0.2) is 25.8 Å². The van der Waals surface area contributed by atoms with Gasteiger partial charge in [-0.15, -0.1) is 12.4 Å². The zero-order valence-electron chi connectivity index (χ0n) is 8.01. The van der Waals surface area contributed by atoms with Crippen LogP contribution in [0.5, 0.6) is 0 Å². The number of hydrogen-bond donors (Lipinski definition) is 1. The minimum atomic E-state index is 0. The Balaban J connectivity index is 0.00000121. The molecular formula is C9H20ClNO. The molecule has 1 fully saturated rings. The van der Waals surface area contributed by atoms with E-state index in [-0.39, 0.29) is 12.4 Å². The van der Waals surface area contributed by atoms with Crippen molar-refractivity contribution in [2.75, 3.05) is 13.7 Å². The second kappa shape index (κ2) is 6.70. The predicted molar refractivity (Wildman–Crippen MR) is 54.0 cm³/mol. The largest absolute Gasteiger partial charge is 0.381 e. The monoisotopic (exact) mass is 193 g/mol. The topological polar surface area (TPSA) is 21.3 Å². The maximum Gasteiger partial charge on any atom is 0.0572 e. The molecule has 0 aromatic carbocycles. The normalized spacial score (nSPS) is 29.5.